The van der Waals surface area contributed by atoms with Crippen LogP contribution in [0.25, 0.3) is 0 Å². The lowest BCUT2D eigenvalue weighted by Gasteiger charge is -2.41. The molecular weight excluding hydrogens is 347 g/mol. The van der Waals surface area contributed by atoms with E-state index >= 15 is 0 Å². The van der Waals surface area contributed by atoms with Crippen molar-refractivity contribution in [3.63, 3.8) is 0 Å². The minimum Gasteiger partial charge on any atom is -0.298 e. The van der Waals surface area contributed by atoms with Crippen LogP contribution in [0.15, 0.2) is 27.6 Å². The summed E-state index contributed by atoms with van der Waals surface area (Å²) in [6.07, 6.45) is 0. The molecule has 0 bridgehead atoms. The third kappa shape index (κ3) is 2.90. The summed E-state index contributed by atoms with van der Waals surface area (Å²) in [5.41, 5.74) is 0. The Kier molecular flexibility index (Phi) is 4.53. The van der Waals surface area contributed by atoms with Gasteiger partial charge in [0.1, 0.15) is 5.82 Å². The average molecular weight is 365 g/mol. The molecule has 0 aromatic heterocycles. The summed E-state index contributed by atoms with van der Waals surface area (Å²) in [5.74, 6) is -0.568. The van der Waals surface area contributed by atoms with Crippen LogP contribution < -0.4 is 0 Å². The number of benzene rings is 1. The van der Waals surface area contributed by atoms with Crippen molar-refractivity contribution in [3.05, 3.63) is 28.5 Å². The molecule has 2 unspecified atom stereocenters. The van der Waals surface area contributed by atoms with Gasteiger partial charge in [0.25, 0.3) is 0 Å². The molecule has 2 rings (SSSR count). The first kappa shape index (κ1) is 15.9. The third-order valence-corrected chi connectivity index (χ3v) is 6.33. The van der Waals surface area contributed by atoms with Gasteiger partial charge in [-0.2, -0.15) is 4.31 Å². The Labute approximate surface area is 127 Å². The molecule has 1 aliphatic heterocycles. The highest BCUT2D eigenvalue weighted by Gasteiger charge is 2.34. The highest BCUT2D eigenvalue weighted by atomic mass is 79.9. The molecule has 20 heavy (non-hydrogen) atoms. The van der Waals surface area contributed by atoms with E-state index in [4.69, 9.17) is 0 Å². The number of piperazine rings is 1. The second-order valence-electron chi connectivity index (χ2n) is 5.26. The van der Waals surface area contributed by atoms with Crippen molar-refractivity contribution in [1.82, 2.24) is 9.21 Å². The van der Waals surface area contributed by atoms with E-state index in [0.29, 0.717) is 13.1 Å². The topological polar surface area (TPSA) is 40.6 Å². The molecule has 2 atom stereocenters. The minimum atomic E-state index is -3.64. The zero-order chi connectivity index (χ0) is 15.1. The van der Waals surface area contributed by atoms with E-state index in [-0.39, 0.29) is 21.5 Å². The van der Waals surface area contributed by atoms with Gasteiger partial charge >= 0.3 is 0 Å². The molecule has 7 heteroatoms. The van der Waals surface area contributed by atoms with Gasteiger partial charge in [0.15, 0.2) is 0 Å². The Bertz CT molecular complexity index is 596. The molecule has 1 saturated heterocycles. The molecule has 4 nitrogen and oxygen atoms in total. The molecule has 1 fully saturated rings. The summed E-state index contributed by atoms with van der Waals surface area (Å²) >= 11 is 3.03. The fourth-order valence-corrected chi connectivity index (χ4v) is 4.20. The van der Waals surface area contributed by atoms with Crippen molar-refractivity contribution in [2.24, 2.45) is 0 Å². The van der Waals surface area contributed by atoms with Crippen LogP contribution in [0.2, 0.25) is 0 Å². The summed E-state index contributed by atoms with van der Waals surface area (Å²) in [7, 11) is -1.66. The number of nitrogens with zero attached hydrogens (tertiary/aromatic N) is 2. The van der Waals surface area contributed by atoms with Crippen LogP contribution in [0.3, 0.4) is 0 Å². The summed E-state index contributed by atoms with van der Waals surface area (Å²) in [5, 5.41) is 0. The second kappa shape index (κ2) is 5.71. The van der Waals surface area contributed by atoms with E-state index in [1.54, 1.807) is 0 Å². The Morgan fingerprint density at radius 1 is 1.25 bits per heavy atom. The number of halogens is 2. The first-order chi connectivity index (χ1) is 9.23. The average Bonchev–Trinajstić information content (AvgIpc) is 2.38. The van der Waals surface area contributed by atoms with E-state index in [1.165, 1.54) is 16.4 Å². The van der Waals surface area contributed by atoms with Gasteiger partial charge < -0.3 is 0 Å². The van der Waals surface area contributed by atoms with E-state index in [1.807, 2.05) is 20.9 Å². The van der Waals surface area contributed by atoms with E-state index in [0.717, 1.165) is 6.07 Å². The predicted octanol–water partition coefficient (Wildman–Crippen LogP) is 2.30. The number of sulfonamides is 1. The Morgan fingerprint density at radius 3 is 2.30 bits per heavy atom. The van der Waals surface area contributed by atoms with Gasteiger partial charge in [0, 0.05) is 25.2 Å². The lowest BCUT2D eigenvalue weighted by molar-refractivity contribution is 0.105. The highest BCUT2D eigenvalue weighted by molar-refractivity contribution is 9.10. The highest BCUT2D eigenvalue weighted by Crippen LogP contribution is 2.25. The van der Waals surface area contributed by atoms with Crippen LogP contribution in [0.4, 0.5) is 4.39 Å². The van der Waals surface area contributed by atoms with Gasteiger partial charge in [-0.05, 0) is 55.0 Å². The maximum atomic E-state index is 13.6. The first-order valence-electron chi connectivity index (χ1n) is 6.40. The molecule has 1 aromatic carbocycles. The van der Waals surface area contributed by atoms with Crippen molar-refractivity contribution >= 4 is 26.0 Å². The van der Waals surface area contributed by atoms with Gasteiger partial charge in [-0.25, -0.2) is 12.8 Å². The Balaban J connectivity index is 2.33. The molecule has 0 saturated carbocycles. The summed E-state index contributed by atoms with van der Waals surface area (Å²) in [6.45, 7) is 4.81. The van der Waals surface area contributed by atoms with Crippen LogP contribution >= 0.6 is 15.9 Å². The number of rotatable bonds is 2. The van der Waals surface area contributed by atoms with Crippen molar-refractivity contribution < 1.29 is 12.8 Å². The molecule has 0 aliphatic carbocycles. The summed E-state index contributed by atoms with van der Waals surface area (Å²) in [4.78, 5) is 2.15. The van der Waals surface area contributed by atoms with Crippen molar-refractivity contribution in [2.75, 3.05) is 20.1 Å². The lowest BCUT2D eigenvalue weighted by Crippen LogP contribution is -2.56. The van der Waals surface area contributed by atoms with Crippen molar-refractivity contribution in [2.45, 2.75) is 30.8 Å². The van der Waals surface area contributed by atoms with Crippen LogP contribution in [-0.2, 0) is 10.0 Å². The molecule has 112 valence electrons. The monoisotopic (exact) mass is 364 g/mol. The molecular formula is C13H18BrFN2O2S. The van der Waals surface area contributed by atoms with Gasteiger partial charge in [-0.1, -0.05) is 0 Å². The van der Waals surface area contributed by atoms with Gasteiger partial charge in [-0.15, -0.1) is 0 Å². The smallest absolute Gasteiger partial charge is 0.243 e. The lowest BCUT2D eigenvalue weighted by atomic mass is 10.1. The normalized spacial score (nSPS) is 25.9. The van der Waals surface area contributed by atoms with Crippen LogP contribution in [0.5, 0.6) is 0 Å². The van der Waals surface area contributed by atoms with E-state index in [2.05, 4.69) is 20.8 Å². The Hall–Kier alpha value is -0.500. The van der Waals surface area contributed by atoms with Crippen LogP contribution in [0, 0.1) is 5.82 Å². The zero-order valence-corrected chi connectivity index (χ0v) is 14.1. The molecule has 0 spiro atoms. The number of hydrogen-bond acceptors (Lipinski definition) is 3. The summed E-state index contributed by atoms with van der Waals surface area (Å²) < 4.78 is 40.4. The van der Waals surface area contributed by atoms with Gasteiger partial charge in [0.05, 0.1) is 9.37 Å². The predicted molar refractivity (Wildman–Crippen MR) is 79.5 cm³/mol. The first-order valence-corrected chi connectivity index (χ1v) is 8.64. The third-order valence-electron chi connectivity index (χ3n) is 3.86. The Morgan fingerprint density at radius 2 is 1.80 bits per heavy atom. The molecule has 0 radical (unpaired) electrons. The SMILES string of the molecule is CC1CN(S(=O)(=O)c2ccc(Br)c(F)c2)CC(C)N1C. The van der Waals surface area contributed by atoms with Crippen LogP contribution in [-0.4, -0.2) is 49.8 Å². The standard InChI is InChI=1S/C13H18BrFN2O2S/c1-9-7-17(8-10(2)16(9)3)20(18,19)11-4-5-12(14)13(15)6-11/h4-6,9-10H,7-8H2,1-3H3. The van der Waals surface area contributed by atoms with E-state index < -0.39 is 15.8 Å². The molecule has 0 N–H and O–H groups in total. The number of hydrogen-bond donors (Lipinski definition) is 0. The molecule has 1 heterocycles. The quantitative estimate of drug-likeness (QED) is 0.808. The molecule has 1 aromatic rings. The van der Waals surface area contributed by atoms with Crippen LogP contribution in [0.1, 0.15) is 13.8 Å². The fourth-order valence-electron chi connectivity index (χ4n) is 2.34. The molecule has 0 amide bonds. The molecule has 1 aliphatic rings. The summed E-state index contributed by atoms with van der Waals surface area (Å²) in [6, 6.07) is 4.18. The maximum Gasteiger partial charge on any atom is 0.243 e. The maximum absolute atomic E-state index is 13.6. The van der Waals surface area contributed by atoms with Crippen molar-refractivity contribution in [1.29, 1.82) is 0 Å². The largest absolute Gasteiger partial charge is 0.298 e. The van der Waals surface area contributed by atoms with E-state index in [9.17, 15) is 12.8 Å². The fraction of sp³-hybridized carbons (Fsp3) is 0.538. The van der Waals surface area contributed by atoms with Crippen molar-refractivity contribution in [3.8, 4) is 0 Å². The zero-order valence-electron chi connectivity index (χ0n) is 11.7. The number of likely N-dealkylation sites (N-methyl/N-ethyl adjacent to an activating group) is 1. The minimum absolute atomic E-state index is 0.00199. The second-order valence-corrected chi connectivity index (χ2v) is 8.05. The van der Waals surface area contributed by atoms with Gasteiger partial charge in [-0.3, -0.25) is 4.90 Å². The van der Waals surface area contributed by atoms with Gasteiger partial charge in [0.2, 0.25) is 10.0 Å².